The van der Waals surface area contributed by atoms with Crippen LogP contribution in [0.5, 0.6) is 5.75 Å². The summed E-state index contributed by atoms with van der Waals surface area (Å²) < 4.78 is 47.1. The highest BCUT2D eigenvalue weighted by atomic mass is 35.5. The van der Waals surface area contributed by atoms with Gasteiger partial charge in [-0.25, -0.2) is 4.98 Å². The Bertz CT molecular complexity index is 1210. The molecule has 4 heterocycles. The van der Waals surface area contributed by atoms with Crippen LogP contribution >= 0.6 is 11.6 Å². The molecule has 1 saturated heterocycles. The molecule has 7 nitrogen and oxygen atoms in total. The molecule has 3 aromatic rings. The lowest BCUT2D eigenvalue weighted by molar-refractivity contribution is -0.137. The number of hydrogen-bond donors (Lipinski definition) is 0. The predicted molar refractivity (Wildman–Crippen MR) is 113 cm³/mol. The molecule has 33 heavy (non-hydrogen) atoms. The fourth-order valence-electron chi connectivity index (χ4n) is 4.65. The molecule has 0 N–H and O–H groups in total. The number of halogens is 4. The zero-order chi connectivity index (χ0) is 23.3. The number of pyridine rings is 1. The third kappa shape index (κ3) is 3.62. The van der Waals surface area contributed by atoms with Crippen molar-refractivity contribution >= 4 is 17.5 Å². The molecule has 2 atom stereocenters. The number of aromatic nitrogens is 4. The van der Waals surface area contributed by atoms with Gasteiger partial charge in [0.15, 0.2) is 11.6 Å². The van der Waals surface area contributed by atoms with Crippen LogP contribution in [0.25, 0.3) is 11.5 Å². The lowest BCUT2D eigenvalue weighted by Crippen LogP contribution is -2.52. The molecule has 1 amide bonds. The highest BCUT2D eigenvalue weighted by Gasteiger charge is 2.44. The van der Waals surface area contributed by atoms with E-state index in [2.05, 4.69) is 15.2 Å². The highest BCUT2D eigenvalue weighted by molar-refractivity contribution is 6.34. The summed E-state index contributed by atoms with van der Waals surface area (Å²) in [5.41, 5.74) is -0.560. The van der Waals surface area contributed by atoms with Gasteiger partial charge in [0.05, 0.1) is 41.5 Å². The maximum atomic E-state index is 13.5. The molecule has 172 valence electrons. The minimum Gasteiger partial charge on any atom is -0.495 e. The Labute approximate surface area is 192 Å². The number of fused-ring (bicyclic) bond motifs is 4. The quantitative estimate of drug-likeness (QED) is 0.543. The first kappa shape index (κ1) is 21.7. The summed E-state index contributed by atoms with van der Waals surface area (Å²) in [4.78, 5) is 19.5. The molecule has 2 aliphatic heterocycles. The van der Waals surface area contributed by atoms with Crippen LogP contribution < -0.4 is 4.74 Å². The van der Waals surface area contributed by atoms with E-state index in [9.17, 15) is 18.0 Å². The number of ether oxygens (including phenoxy) is 1. The molecule has 2 aromatic heterocycles. The van der Waals surface area contributed by atoms with Crippen LogP contribution in [0.4, 0.5) is 13.2 Å². The molecule has 11 heteroatoms. The van der Waals surface area contributed by atoms with Gasteiger partial charge in [-0.1, -0.05) is 17.7 Å². The fourth-order valence-corrected chi connectivity index (χ4v) is 4.96. The van der Waals surface area contributed by atoms with E-state index in [1.807, 2.05) is 4.57 Å². The number of amides is 1. The van der Waals surface area contributed by atoms with E-state index < -0.39 is 28.7 Å². The van der Waals surface area contributed by atoms with Crippen LogP contribution in [0.3, 0.4) is 0 Å². The van der Waals surface area contributed by atoms with Crippen molar-refractivity contribution in [3.05, 3.63) is 58.5 Å². The van der Waals surface area contributed by atoms with Gasteiger partial charge in [-0.05, 0) is 43.5 Å². The van der Waals surface area contributed by atoms with Gasteiger partial charge in [0.25, 0.3) is 5.91 Å². The molecule has 2 bridgehead atoms. The topological polar surface area (TPSA) is 73.1 Å². The molecular weight excluding hydrogens is 459 g/mol. The number of alkyl halides is 3. The Morgan fingerprint density at radius 2 is 2.00 bits per heavy atom. The van der Waals surface area contributed by atoms with Crippen LogP contribution in [0.2, 0.25) is 5.02 Å². The van der Waals surface area contributed by atoms with Gasteiger partial charge >= 0.3 is 6.18 Å². The number of hydrogen-bond acceptors (Lipinski definition) is 5. The highest BCUT2D eigenvalue weighted by Crippen LogP contribution is 2.42. The van der Waals surface area contributed by atoms with Crippen molar-refractivity contribution in [3.8, 4) is 17.3 Å². The molecular formula is C22H19ClF3N5O2. The number of rotatable bonds is 3. The van der Waals surface area contributed by atoms with Crippen LogP contribution in [-0.4, -0.2) is 43.7 Å². The summed E-state index contributed by atoms with van der Waals surface area (Å²) >= 11 is 6.05. The monoisotopic (exact) mass is 477 g/mol. The molecule has 2 aliphatic rings. The fraction of sp³-hybridized carbons (Fsp3) is 0.364. The van der Waals surface area contributed by atoms with Crippen molar-refractivity contribution in [2.45, 2.75) is 44.1 Å². The van der Waals surface area contributed by atoms with E-state index >= 15 is 0 Å². The third-order valence-electron chi connectivity index (χ3n) is 6.19. The largest absolute Gasteiger partial charge is 0.495 e. The van der Waals surface area contributed by atoms with E-state index in [-0.39, 0.29) is 11.6 Å². The van der Waals surface area contributed by atoms with E-state index in [1.54, 1.807) is 30.3 Å². The molecule has 0 aliphatic carbocycles. The molecule has 1 aromatic carbocycles. The van der Waals surface area contributed by atoms with Crippen molar-refractivity contribution in [3.63, 3.8) is 0 Å². The predicted octanol–water partition coefficient (Wildman–Crippen LogP) is 4.77. The van der Waals surface area contributed by atoms with Crippen molar-refractivity contribution in [2.24, 2.45) is 0 Å². The van der Waals surface area contributed by atoms with Gasteiger partial charge < -0.3 is 14.2 Å². The average molecular weight is 478 g/mol. The van der Waals surface area contributed by atoms with Crippen molar-refractivity contribution in [2.75, 3.05) is 7.11 Å². The standard InChI is InChI=1S/C22H19ClF3N5O2/c1-33-13-8-9-16(27-10-13)19-28-29-20-17-7-2-4-12(11-30(19)20)31(17)21(32)14-5-3-6-15(18(14)23)22(24,25)26/h3,5-6,8-10,12,17H,2,4,7,11H2,1H3/t12-,17+/m1/s1. The van der Waals surface area contributed by atoms with Crippen LogP contribution in [0.1, 0.15) is 47.1 Å². The Kier molecular flexibility index (Phi) is 5.27. The summed E-state index contributed by atoms with van der Waals surface area (Å²) in [6.45, 7) is 0.421. The summed E-state index contributed by atoms with van der Waals surface area (Å²) in [5, 5.41) is 8.07. The number of benzene rings is 1. The van der Waals surface area contributed by atoms with Crippen LogP contribution in [0.15, 0.2) is 36.5 Å². The molecule has 5 rings (SSSR count). The number of nitrogens with zero attached hydrogens (tertiary/aromatic N) is 5. The van der Waals surface area contributed by atoms with Crippen molar-refractivity contribution in [1.29, 1.82) is 0 Å². The molecule has 0 saturated carbocycles. The second kappa shape index (κ2) is 8.02. The maximum absolute atomic E-state index is 13.5. The maximum Gasteiger partial charge on any atom is 0.417 e. The van der Waals surface area contributed by atoms with E-state index in [0.29, 0.717) is 42.5 Å². The summed E-state index contributed by atoms with van der Waals surface area (Å²) in [6.07, 6.45) is -0.838. The van der Waals surface area contributed by atoms with Crippen LogP contribution in [-0.2, 0) is 12.7 Å². The Morgan fingerprint density at radius 3 is 2.70 bits per heavy atom. The second-order valence-corrected chi connectivity index (χ2v) is 8.43. The van der Waals surface area contributed by atoms with Gasteiger partial charge in [-0.2, -0.15) is 13.2 Å². The smallest absolute Gasteiger partial charge is 0.417 e. The minimum atomic E-state index is -4.65. The van der Waals surface area contributed by atoms with Crippen molar-refractivity contribution in [1.82, 2.24) is 24.6 Å². The van der Waals surface area contributed by atoms with Crippen LogP contribution in [0, 0.1) is 0 Å². The van der Waals surface area contributed by atoms with Gasteiger partial charge in [-0.15, -0.1) is 10.2 Å². The zero-order valence-corrected chi connectivity index (χ0v) is 18.3. The van der Waals surface area contributed by atoms with Gasteiger partial charge in [0.2, 0.25) is 0 Å². The second-order valence-electron chi connectivity index (χ2n) is 8.05. The normalized spacial score (nSPS) is 19.8. The Morgan fingerprint density at radius 1 is 1.18 bits per heavy atom. The van der Waals surface area contributed by atoms with Gasteiger partial charge in [0.1, 0.15) is 11.4 Å². The molecule has 0 spiro atoms. The van der Waals surface area contributed by atoms with Gasteiger partial charge in [-0.3, -0.25) is 4.79 Å². The van der Waals surface area contributed by atoms with E-state index in [0.717, 1.165) is 12.5 Å². The number of carbonyl (C=O) groups excluding carboxylic acids is 1. The lowest BCUT2D eigenvalue weighted by atomic mass is 9.90. The summed E-state index contributed by atoms with van der Waals surface area (Å²) in [6, 6.07) is 6.35. The Balaban J connectivity index is 1.52. The average Bonchev–Trinajstić information content (AvgIpc) is 3.21. The zero-order valence-electron chi connectivity index (χ0n) is 17.5. The molecule has 0 unspecified atom stereocenters. The van der Waals surface area contributed by atoms with E-state index in [4.69, 9.17) is 16.3 Å². The molecule has 1 fully saturated rings. The van der Waals surface area contributed by atoms with Crippen molar-refractivity contribution < 1.29 is 22.7 Å². The minimum absolute atomic E-state index is 0.159. The lowest BCUT2D eigenvalue weighted by Gasteiger charge is -2.45. The van der Waals surface area contributed by atoms with E-state index in [1.165, 1.54) is 12.1 Å². The number of carbonyl (C=O) groups is 1. The van der Waals surface area contributed by atoms with Gasteiger partial charge in [0, 0.05) is 6.54 Å². The SMILES string of the molecule is COc1ccc(-c2nnc3n2C[C@H]2CCC[C@@H]3N2C(=O)c2cccc(C(F)(F)F)c2Cl)nc1. The summed E-state index contributed by atoms with van der Waals surface area (Å²) in [5.74, 6) is 1.26. The number of piperidine rings is 1. The number of methoxy groups -OCH3 is 1. The Hall–Kier alpha value is -3.14. The first-order chi connectivity index (χ1) is 15.8. The summed E-state index contributed by atoms with van der Waals surface area (Å²) in [7, 11) is 1.55. The first-order valence-corrected chi connectivity index (χ1v) is 10.8. The first-order valence-electron chi connectivity index (χ1n) is 10.4. The third-order valence-corrected chi connectivity index (χ3v) is 6.59. The molecule has 0 radical (unpaired) electrons.